The molecule has 0 aromatic heterocycles. The zero-order chi connectivity index (χ0) is 29.9. The monoisotopic (exact) mass is 604 g/mol. The summed E-state index contributed by atoms with van der Waals surface area (Å²) in [4.78, 5) is 2.16. The molecule has 0 aliphatic carbocycles. The van der Waals surface area contributed by atoms with Crippen molar-refractivity contribution in [3.05, 3.63) is 86.9 Å². The molecule has 4 aromatic rings. The van der Waals surface area contributed by atoms with Gasteiger partial charge in [0.05, 0.1) is 17.9 Å². The summed E-state index contributed by atoms with van der Waals surface area (Å²) in [6.07, 6.45) is -4.42. The van der Waals surface area contributed by atoms with Crippen LogP contribution >= 0.6 is 23.2 Å². The number of phenolic OH excluding ortho intramolecular Hbond substituents is 1. The highest BCUT2D eigenvalue weighted by molar-refractivity contribution is 6.39. The average Bonchev–Trinajstić information content (AvgIpc) is 2.92. The van der Waals surface area contributed by atoms with Crippen molar-refractivity contribution in [2.24, 2.45) is 15.9 Å². The van der Waals surface area contributed by atoms with Crippen molar-refractivity contribution in [1.29, 1.82) is 0 Å². The Morgan fingerprint density at radius 1 is 0.976 bits per heavy atom. The van der Waals surface area contributed by atoms with Crippen LogP contribution in [0.25, 0.3) is 21.5 Å². The molecule has 0 saturated heterocycles. The number of alkyl halides is 3. The maximum atomic E-state index is 13.5. The molecule has 0 spiro atoms. The predicted molar refractivity (Wildman–Crippen MR) is 160 cm³/mol. The highest BCUT2D eigenvalue weighted by atomic mass is 35.5. The molecule has 41 heavy (non-hydrogen) atoms. The van der Waals surface area contributed by atoms with Gasteiger partial charge in [-0.3, -0.25) is 4.90 Å². The number of fused-ring (bicyclic) bond motifs is 3. The smallest absolute Gasteiger partial charge is 0.416 e. The van der Waals surface area contributed by atoms with Crippen molar-refractivity contribution in [1.82, 2.24) is 4.90 Å². The van der Waals surface area contributed by atoms with Gasteiger partial charge in [0.1, 0.15) is 11.6 Å². The van der Waals surface area contributed by atoms with E-state index in [0.29, 0.717) is 33.8 Å². The lowest BCUT2D eigenvalue weighted by atomic mass is 9.92. The van der Waals surface area contributed by atoms with Gasteiger partial charge in [-0.2, -0.15) is 18.3 Å². The van der Waals surface area contributed by atoms with Crippen molar-refractivity contribution < 1.29 is 23.4 Å². The quantitative estimate of drug-likeness (QED) is 0.0790. The Bertz CT molecular complexity index is 1640. The van der Waals surface area contributed by atoms with E-state index in [-0.39, 0.29) is 33.4 Å². The standard InChI is InChI=1S/C30H29Cl2F3N4O2/c1-3-39(4-2)16-18-9-17(5-8-27(18)40)15-37-38-29(36)14-28(41)25-13-24-23(11-20(31)12-26(24)32)22-10-19(30(33,34)35)6-7-21(22)25/h5-13,15,28,40-41H,3-4,14,16H2,1-2H3,(H2,36,38)/b37-15+. The topological polar surface area (TPSA) is 94.4 Å². The maximum absolute atomic E-state index is 13.5. The second-order valence-corrected chi connectivity index (χ2v) is 10.5. The van der Waals surface area contributed by atoms with Gasteiger partial charge in [0.25, 0.3) is 0 Å². The number of phenols is 1. The van der Waals surface area contributed by atoms with Crippen molar-refractivity contribution in [2.75, 3.05) is 13.1 Å². The number of aliphatic hydroxyl groups is 1. The summed E-state index contributed by atoms with van der Waals surface area (Å²) < 4.78 is 40.5. The van der Waals surface area contributed by atoms with E-state index in [1.165, 1.54) is 18.3 Å². The molecule has 0 aliphatic heterocycles. The van der Waals surface area contributed by atoms with E-state index in [9.17, 15) is 23.4 Å². The summed E-state index contributed by atoms with van der Waals surface area (Å²) in [5, 5.41) is 31.4. The van der Waals surface area contributed by atoms with Gasteiger partial charge in [-0.15, -0.1) is 5.10 Å². The van der Waals surface area contributed by atoms with Gasteiger partial charge in [-0.25, -0.2) is 0 Å². The zero-order valence-electron chi connectivity index (χ0n) is 22.4. The average molecular weight is 605 g/mol. The van der Waals surface area contributed by atoms with Crippen molar-refractivity contribution >= 4 is 56.8 Å². The van der Waals surface area contributed by atoms with E-state index >= 15 is 0 Å². The van der Waals surface area contributed by atoms with Gasteiger partial charge < -0.3 is 15.9 Å². The number of nitrogens with two attached hydrogens (primary N) is 1. The maximum Gasteiger partial charge on any atom is 0.416 e. The number of rotatable bonds is 9. The van der Waals surface area contributed by atoms with Crippen LogP contribution in [0.4, 0.5) is 13.2 Å². The Labute approximate surface area is 245 Å². The molecule has 0 bridgehead atoms. The minimum atomic E-state index is -4.56. The van der Waals surface area contributed by atoms with E-state index < -0.39 is 17.8 Å². The number of aliphatic hydroxyl groups excluding tert-OH is 1. The summed E-state index contributed by atoms with van der Waals surface area (Å²) in [6, 6.07) is 13.0. The summed E-state index contributed by atoms with van der Waals surface area (Å²) >= 11 is 12.5. The summed E-state index contributed by atoms with van der Waals surface area (Å²) in [5.74, 6) is 0.200. The molecule has 216 valence electrons. The molecular formula is C30H29Cl2F3N4O2. The molecule has 4 aromatic carbocycles. The van der Waals surface area contributed by atoms with Crippen LogP contribution in [0, 0.1) is 0 Å². The minimum absolute atomic E-state index is 0.0123. The fraction of sp³-hybridized carbons (Fsp3) is 0.267. The van der Waals surface area contributed by atoms with Gasteiger partial charge in [-0.1, -0.05) is 43.1 Å². The Kier molecular flexibility index (Phi) is 9.44. The van der Waals surface area contributed by atoms with Gasteiger partial charge in [-0.05, 0) is 88.9 Å². The number of benzene rings is 4. The van der Waals surface area contributed by atoms with Gasteiger partial charge in [0, 0.05) is 34.0 Å². The molecule has 1 unspecified atom stereocenters. The molecule has 0 fully saturated rings. The van der Waals surface area contributed by atoms with Crippen LogP contribution in [0.15, 0.2) is 64.8 Å². The van der Waals surface area contributed by atoms with Crippen LogP contribution in [0.1, 0.15) is 48.6 Å². The Balaban J connectivity index is 1.63. The molecule has 4 N–H and O–H groups in total. The van der Waals surface area contributed by atoms with Crippen LogP contribution in [0.3, 0.4) is 0 Å². The first kappa shape index (κ1) is 30.6. The first-order chi connectivity index (χ1) is 19.4. The molecule has 4 rings (SSSR count). The molecule has 0 amide bonds. The van der Waals surface area contributed by atoms with Crippen LogP contribution in [-0.2, 0) is 12.7 Å². The highest BCUT2D eigenvalue weighted by Crippen LogP contribution is 2.40. The van der Waals surface area contributed by atoms with Gasteiger partial charge >= 0.3 is 6.18 Å². The van der Waals surface area contributed by atoms with Crippen molar-refractivity contribution in [2.45, 2.75) is 39.1 Å². The highest BCUT2D eigenvalue weighted by Gasteiger charge is 2.31. The number of amidine groups is 1. The third-order valence-corrected chi connectivity index (χ3v) is 7.42. The number of hydrogen-bond donors (Lipinski definition) is 3. The second kappa shape index (κ2) is 12.7. The summed E-state index contributed by atoms with van der Waals surface area (Å²) in [5.41, 5.74) is 7.02. The number of halogens is 5. The van der Waals surface area contributed by atoms with Crippen LogP contribution in [0.2, 0.25) is 10.0 Å². The molecule has 1 atom stereocenters. The lowest BCUT2D eigenvalue weighted by molar-refractivity contribution is -0.137. The van der Waals surface area contributed by atoms with E-state index in [0.717, 1.165) is 30.8 Å². The van der Waals surface area contributed by atoms with Crippen LogP contribution in [0.5, 0.6) is 5.75 Å². The van der Waals surface area contributed by atoms with E-state index in [4.69, 9.17) is 28.9 Å². The van der Waals surface area contributed by atoms with E-state index in [1.54, 1.807) is 24.3 Å². The fourth-order valence-electron chi connectivity index (χ4n) is 4.68. The third kappa shape index (κ3) is 7.11. The second-order valence-electron chi connectivity index (χ2n) is 9.61. The largest absolute Gasteiger partial charge is 0.508 e. The predicted octanol–water partition coefficient (Wildman–Crippen LogP) is 7.68. The van der Waals surface area contributed by atoms with Crippen LogP contribution < -0.4 is 5.73 Å². The van der Waals surface area contributed by atoms with Crippen molar-refractivity contribution in [3.8, 4) is 5.75 Å². The number of nitrogens with zero attached hydrogens (tertiary/aromatic N) is 3. The molecule has 0 saturated carbocycles. The summed E-state index contributed by atoms with van der Waals surface area (Å²) in [7, 11) is 0. The SMILES string of the molecule is CCN(CC)Cc1cc(/C=N/N=C(\N)CC(O)c2cc3c(Cl)cc(Cl)cc3c3cc(C(F)(F)F)ccc23)ccc1O. The molecule has 6 nitrogen and oxygen atoms in total. The number of aromatic hydroxyl groups is 1. The molecule has 11 heteroatoms. The lowest BCUT2D eigenvalue weighted by Crippen LogP contribution is -2.22. The first-order valence-electron chi connectivity index (χ1n) is 12.9. The number of hydrogen-bond acceptors (Lipinski definition) is 5. The third-order valence-electron chi connectivity index (χ3n) is 6.89. The van der Waals surface area contributed by atoms with Gasteiger partial charge in [0.2, 0.25) is 0 Å². The molecule has 0 heterocycles. The van der Waals surface area contributed by atoms with E-state index in [1.807, 2.05) is 19.9 Å². The van der Waals surface area contributed by atoms with Crippen LogP contribution in [-0.4, -0.2) is 40.3 Å². The molecule has 0 aliphatic rings. The Morgan fingerprint density at radius 2 is 1.68 bits per heavy atom. The summed E-state index contributed by atoms with van der Waals surface area (Å²) in [6.45, 7) is 6.35. The van der Waals surface area contributed by atoms with Gasteiger partial charge in [0.15, 0.2) is 0 Å². The Hall–Kier alpha value is -3.37. The molecule has 0 radical (unpaired) electrons. The first-order valence-corrected chi connectivity index (χ1v) is 13.7. The van der Waals surface area contributed by atoms with Crippen molar-refractivity contribution in [3.63, 3.8) is 0 Å². The lowest BCUT2D eigenvalue weighted by Gasteiger charge is -2.18. The molecular weight excluding hydrogens is 576 g/mol. The zero-order valence-corrected chi connectivity index (χ0v) is 23.9. The Morgan fingerprint density at radius 3 is 2.37 bits per heavy atom. The minimum Gasteiger partial charge on any atom is -0.508 e. The normalized spacial score (nSPS) is 13.6. The van der Waals surface area contributed by atoms with E-state index in [2.05, 4.69) is 15.1 Å². The fourth-order valence-corrected chi connectivity index (χ4v) is 5.23.